The Labute approximate surface area is 143 Å². The average molecular weight is 338 g/mol. The fourth-order valence-electron chi connectivity index (χ4n) is 2.92. The van der Waals surface area contributed by atoms with Crippen LogP contribution < -0.4 is 21.8 Å². The van der Waals surface area contributed by atoms with Crippen molar-refractivity contribution in [3.63, 3.8) is 0 Å². The Morgan fingerprint density at radius 2 is 2.08 bits per heavy atom. The minimum atomic E-state index is 0.0722. The third kappa shape index (κ3) is 2.64. The summed E-state index contributed by atoms with van der Waals surface area (Å²) in [6.07, 6.45) is 0. The van der Waals surface area contributed by atoms with Gasteiger partial charge in [-0.2, -0.15) is 0 Å². The summed E-state index contributed by atoms with van der Waals surface area (Å²) >= 11 is 1.64. The van der Waals surface area contributed by atoms with Gasteiger partial charge in [-0.05, 0) is 30.3 Å². The van der Waals surface area contributed by atoms with Crippen LogP contribution in [0.4, 0.5) is 5.69 Å². The molecule has 0 unspecified atom stereocenters. The minimum absolute atomic E-state index is 0.0722. The molecule has 0 saturated heterocycles. The van der Waals surface area contributed by atoms with Gasteiger partial charge in [-0.3, -0.25) is 9.79 Å². The highest BCUT2D eigenvalue weighted by atomic mass is 32.1. The van der Waals surface area contributed by atoms with Crippen LogP contribution in [0.2, 0.25) is 0 Å². The predicted molar refractivity (Wildman–Crippen MR) is 103 cm³/mol. The molecule has 0 fully saturated rings. The topological polar surface area (TPSA) is 79.5 Å². The number of hydrogen-bond donors (Lipinski definition) is 3. The molecule has 5 nitrogen and oxygen atoms in total. The zero-order valence-corrected chi connectivity index (χ0v) is 14.0. The van der Waals surface area contributed by atoms with Gasteiger partial charge in [0.05, 0.1) is 6.54 Å². The van der Waals surface area contributed by atoms with Crippen LogP contribution in [0.5, 0.6) is 0 Å². The van der Waals surface area contributed by atoms with Gasteiger partial charge in [-0.1, -0.05) is 6.07 Å². The molecule has 122 valence electrons. The van der Waals surface area contributed by atoms with E-state index in [1.165, 1.54) is 0 Å². The van der Waals surface area contributed by atoms with Crippen molar-refractivity contribution < 1.29 is 0 Å². The number of nitrogens with zero attached hydrogens (tertiary/aromatic N) is 1. The van der Waals surface area contributed by atoms with Gasteiger partial charge in [0, 0.05) is 51.1 Å². The molecule has 24 heavy (non-hydrogen) atoms. The maximum Gasteiger partial charge on any atom is 0.195 e. The summed E-state index contributed by atoms with van der Waals surface area (Å²) in [6.45, 7) is 2.93. The number of anilines is 1. The molecule has 0 radical (unpaired) electrons. The SMILES string of the molecule is NCCNc1ccc2sc3cc(C4=NCCN4)ccc3c(=O)c2c1. The van der Waals surface area contributed by atoms with Gasteiger partial charge < -0.3 is 16.4 Å². The molecule has 0 saturated carbocycles. The number of aliphatic imine (C=N–C) groups is 1. The van der Waals surface area contributed by atoms with Gasteiger partial charge in [-0.15, -0.1) is 11.3 Å². The first-order valence-corrected chi connectivity index (χ1v) is 8.81. The molecular formula is C18H18N4OS. The summed E-state index contributed by atoms with van der Waals surface area (Å²) < 4.78 is 1.98. The van der Waals surface area contributed by atoms with E-state index in [4.69, 9.17) is 5.73 Å². The van der Waals surface area contributed by atoms with Crippen molar-refractivity contribution in [1.29, 1.82) is 0 Å². The lowest BCUT2D eigenvalue weighted by Gasteiger charge is -2.08. The number of hydrogen-bond acceptors (Lipinski definition) is 6. The van der Waals surface area contributed by atoms with E-state index in [0.717, 1.165) is 50.3 Å². The van der Waals surface area contributed by atoms with Crippen molar-refractivity contribution in [1.82, 2.24) is 5.32 Å². The van der Waals surface area contributed by atoms with E-state index in [-0.39, 0.29) is 5.43 Å². The van der Waals surface area contributed by atoms with E-state index in [9.17, 15) is 4.79 Å². The Balaban J connectivity index is 1.85. The first-order valence-electron chi connectivity index (χ1n) is 7.99. The van der Waals surface area contributed by atoms with Crippen LogP contribution in [0.25, 0.3) is 20.2 Å². The van der Waals surface area contributed by atoms with Gasteiger partial charge in [0.1, 0.15) is 5.84 Å². The van der Waals surface area contributed by atoms with Crippen molar-refractivity contribution in [2.24, 2.45) is 10.7 Å². The Morgan fingerprint density at radius 1 is 1.17 bits per heavy atom. The molecule has 0 spiro atoms. The average Bonchev–Trinajstić information content (AvgIpc) is 3.14. The van der Waals surface area contributed by atoms with E-state index in [1.54, 1.807) is 11.3 Å². The normalized spacial score (nSPS) is 14.0. The highest BCUT2D eigenvalue weighted by molar-refractivity contribution is 7.24. The van der Waals surface area contributed by atoms with Gasteiger partial charge >= 0.3 is 0 Å². The van der Waals surface area contributed by atoms with E-state index >= 15 is 0 Å². The monoisotopic (exact) mass is 338 g/mol. The molecule has 0 atom stereocenters. The standard InChI is InChI=1S/C18H18N4OS/c19-5-6-20-12-2-4-15-14(10-12)17(23)13-3-1-11(9-16(13)24-15)18-21-7-8-22-18/h1-4,9-10,20H,5-8,19H2,(H,21,22). The summed E-state index contributed by atoms with van der Waals surface area (Å²) in [4.78, 5) is 17.3. The molecule has 0 bridgehead atoms. The van der Waals surface area contributed by atoms with Crippen LogP contribution >= 0.6 is 11.3 Å². The van der Waals surface area contributed by atoms with Crippen molar-refractivity contribution in [2.75, 3.05) is 31.5 Å². The van der Waals surface area contributed by atoms with Gasteiger partial charge in [-0.25, -0.2) is 0 Å². The van der Waals surface area contributed by atoms with Crippen molar-refractivity contribution in [3.8, 4) is 0 Å². The number of nitrogens with two attached hydrogens (primary N) is 1. The highest BCUT2D eigenvalue weighted by Gasteiger charge is 2.11. The van der Waals surface area contributed by atoms with Crippen molar-refractivity contribution in [3.05, 3.63) is 52.2 Å². The smallest absolute Gasteiger partial charge is 0.195 e. The number of benzene rings is 2. The van der Waals surface area contributed by atoms with E-state index in [2.05, 4.69) is 21.7 Å². The molecule has 2 aromatic carbocycles. The Hall–Kier alpha value is -2.44. The summed E-state index contributed by atoms with van der Waals surface area (Å²) in [7, 11) is 0. The number of nitrogens with one attached hydrogen (secondary N) is 2. The van der Waals surface area contributed by atoms with Crippen LogP contribution in [-0.2, 0) is 0 Å². The molecule has 0 aliphatic carbocycles. The number of rotatable bonds is 4. The molecule has 1 aromatic heterocycles. The van der Waals surface area contributed by atoms with Crippen molar-refractivity contribution >= 4 is 43.0 Å². The van der Waals surface area contributed by atoms with Gasteiger partial charge in [0.15, 0.2) is 5.43 Å². The second-order valence-electron chi connectivity index (χ2n) is 5.73. The van der Waals surface area contributed by atoms with E-state index < -0.39 is 0 Å². The third-order valence-corrected chi connectivity index (χ3v) is 5.22. The third-order valence-electron chi connectivity index (χ3n) is 4.09. The molecule has 3 aromatic rings. The largest absolute Gasteiger partial charge is 0.384 e. The van der Waals surface area contributed by atoms with Crippen LogP contribution in [0.1, 0.15) is 5.56 Å². The van der Waals surface area contributed by atoms with Gasteiger partial charge in [0.25, 0.3) is 0 Å². The lowest BCUT2D eigenvalue weighted by molar-refractivity contribution is 0.960. The fraction of sp³-hybridized carbons (Fsp3) is 0.222. The van der Waals surface area contributed by atoms with Crippen LogP contribution in [0, 0.1) is 0 Å². The Bertz CT molecular complexity index is 1010. The zero-order valence-electron chi connectivity index (χ0n) is 13.1. The quantitative estimate of drug-likeness (QED) is 0.637. The molecule has 4 N–H and O–H groups in total. The molecular weight excluding hydrogens is 320 g/mol. The molecule has 1 aliphatic heterocycles. The molecule has 1 aliphatic rings. The molecule has 2 heterocycles. The maximum absolute atomic E-state index is 12.9. The van der Waals surface area contributed by atoms with E-state index in [1.807, 2.05) is 30.3 Å². The Kier molecular flexibility index (Phi) is 3.92. The molecule has 6 heteroatoms. The van der Waals surface area contributed by atoms with E-state index in [0.29, 0.717) is 13.1 Å². The second-order valence-corrected chi connectivity index (χ2v) is 6.81. The Morgan fingerprint density at radius 3 is 2.88 bits per heavy atom. The first kappa shape index (κ1) is 15.1. The summed E-state index contributed by atoms with van der Waals surface area (Å²) in [5.41, 5.74) is 7.56. The van der Waals surface area contributed by atoms with Crippen molar-refractivity contribution in [2.45, 2.75) is 0 Å². The second kappa shape index (κ2) is 6.22. The summed E-state index contributed by atoms with van der Waals surface area (Å²) in [6, 6.07) is 11.8. The maximum atomic E-state index is 12.9. The lowest BCUT2D eigenvalue weighted by Crippen LogP contribution is -2.19. The van der Waals surface area contributed by atoms with Crippen LogP contribution in [0.3, 0.4) is 0 Å². The zero-order chi connectivity index (χ0) is 16.5. The summed E-state index contributed by atoms with van der Waals surface area (Å²) in [5.74, 6) is 0.915. The number of amidine groups is 1. The number of fused-ring (bicyclic) bond motifs is 2. The molecule has 4 rings (SSSR count). The lowest BCUT2D eigenvalue weighted by atomic mass is 10.1. The summed E-state index contributed by atoms with van der Waals surface area (Å²) in [5, 5.41) is 8.00. The van der Waals surface area contributed by atoms with Crippen LogP contribution in [0.15, 0.2) is 46.2 Å². The highest BCUT2D eigenvalue weighted by Crippen LogP contribution is 2.27. The van der Waals surface area contributed by atoms with Gasteiger partial charge in [0.2, 0.25) is 0 Å². The predicted octanol–water partition coefficient (Wildman–Crippen LogP) is 2.14. The van der Waals surface area contributed by atoms with Crippen LogP contribution in [-0.4, -0.2) is 32.0 Å². The fourth-order valence-corrected chi connectivity index (χ4v) is 4.01. The minimum Gasteiger partial charge on any atom is -0.384 e. The first-order chi connectivity index (χ1) is 11.8. The molecule has 0 amide bonds.